The van der Waals surface area contributed by atoms with Crippen molar-refractivity contribution in [1.82, 2.24) is 10.2 Å². The summed E-state index contributed by atoms with van der Waals surface area (Å²) >= 11 is 0. The van der Waals surface area contributed by atoms with Crippen LogP contribution in [-0.4, -0.2) is 41.3 Å². The molecular weight excluding hydrogens is 330 g/mol. The molecule has 1 fully saturated rings. The largest absolute Gasteiger partial charge is 0.446 e. The number of carbonyl (C=O) groups is 1. The number of likely N-dealkylation sites (tertiary alicyclic amines) is 1. The van der Waals surface area contributed by atoms with E-state index >= 15 is 0 Å². The van der Waals surface area contributed by atoms with E-state index in [1.54, 1.807) is 0 Å². The van der Waals surface area contributed by atoms with E-state index in [4.69, 9.17) is 4.74 Å². The maximum absolute atomic E-state index is 12.2. The van der Waals surface area contributed by atoms with Gasteiger partial charge >= 0.3 is 6.09 Å². The van der Waals surface area contributed by atoms with Crippen molar-refractivity contribution in [1.29, 1.82) is 0 Å². The van der Waals surface area contributed by atoms with E-state index in [2.05, 4.69) is 50.0 Å². The predicted molar refractivity (Wildman–Crippen MR) is 101 cm³/mol. The Morgan fingerprint density at radius 2 is 1.88 bits per heavy atom. The minimum Gasteiger partial charge on any atom is -0.446 e. The van der Waals surface area contributed by atoms with Crippen molar-refractivity contribution < 1.29 is 14.3 Å². The van der Waals surface area contributed by atoms with Gasteiger partial charge in [0, 0.05) is 30.5 Å². The highest BCUT2D eigenvalue weighted by Gasteiger charge is 2.44. The Morgan fingerprint density at radius 3 is 2.50 bits per heavy atom. The quantitative estimate of drug-likeness (QED) is 0.646. The van der Waals surface area contributed by atoms with Crippen molar-refractivity contribution in [2.75, 3.05) is 7.05 Å². The van der Waals surface area contributed by atoms with Crippen molar-refractivity contribution in [3.63, 3.8) is 0 Å². The molecule has 1 aromatic carbocycles. The van der Waals surface area contributed by atoms with Crippen LogP contribution in [0, 0.1) is 0 Å². The Labute approximate surface area is 155 Å². The summed E-state index contributed by atoms with van der Waals surface area (Å²) in [6, 6.07) is 7.57. The fraction of sp³-hybridized carbons (Fsp3) is 0.600. The van der Waals surface area contributed by atoms with Gasteiger partial charge in [0.25, 0.3) is 0 Å². The third-order valence-electron chi connectivity index (χ3n) is 5.30. The number of amides is 1. The Balaban J connectivity index is 1.90. The lowest BCUT2D eigenvalue weighted by molar-refractivity contribution is -0.0681. The van der Waals surface area contributed by atoms with Gasteiger partial charge in [-0.05, 0) is 45.9 Å². The molecule has 1 aromatic rings. The number of rotatable bonds is 5. The minimum atomic E-state index is -0.400. The fourth-order valence-corrected chi connectivity index (χ4v) is 3.69. The van der Waals surface area contributed by atoms with Gasteiger partial charge in [-0.25, -0.2) is 14.6 Å². The van der Waals surface area contributed by atoms with Crippen molar-refractivity contribution in [2.24, 2.45) is 4.99 Å². The number of isocyanates is 1. The number of aliphatic imine (C=N–C) groups is 1. The molecule has 0 aromatic heterocycles. The van der Waals surface area contributed by atoms with E-state index in [1.165, 1.54) is 6.08 Å². The predicted octanol–water partition coefficient (Wildman–Crippen LogP) is 3.40. The highest BCUT2D eigenvalue weighted by Crippen LogP contribution is 2.38. The van der Waals surface area contributed by atoms with Gasteiger partial charge in [0.2, 0.25) is 6.08 Å². The SMILES string of the molecule is CN1C(C)(C)CC(OC(=O)NCc2cccc(CN=C=O)c2)CC1(C)C. The van der Waals surface area contributed by atoms with Gasteiger partial charge in [-0.1, -0.05) is 24.3 Å². The lowest BCUT2D eigenvalue weighted by Crippen LogP contribution is -2.60. The second kappa shape index (κ2) is 8.02. The standard InChI is InChI=1S/C20H29N3O3/c1-19(2)10-17(11-20(3,4)23(19)5)26-18(25)22-13-16-8-6-7-15(9-16)12-21-14-24/h6-9,17H,10-13H2,1-5H3,(H,22,25). The van der Waals surface area contributed by atoms with Crippen molar-refractivity contribution >= 4 is 12.2 Å². The van der Waals surface area contributed by atoms with Crippen LogP contribution in [0.4, 0.5) is 4.79 Å². The summed E-state index contributed by atoms with van der Waals surface area (Å²) in [6.45, 7) is 9.37. The zero-order valence-electron chi connectivity index (χ0n) is 16.3. The maximum Gasteiger partial charge on any atom is 0.407 e. The topological polar surface area (TPSA) is 71.0 Å². The van der Waals surface area contributed by atoms with E-state index < -0.39 is 6.09 Å². The summed E-state index contributed by atoms with van der Waals surface area (Å²) in [6.07, 6.45) is 2.63. The van der Waals surface area contributed by atoms with Gasteiger partial charge in [0.15, 0.2) is 0 Å². The first-order valence-corrected chi connectivity index (χ1v) is 8.94. The number of ether oxygens (including phenoxy) is 1. The number of piperidine rings is 1. The first kappa shape index (κ1) is 20.1. The third kappa shape index (κ3) is 5.16. The molecule has 0 atom stereocenters. The fourth-order valence-electron chi connectivity index (χ4n) is 3.69. The van der Waals surface area contributed by atoms with Gasteiger partial charge in [-0.3, -0.25) is 4.90 Å². The van der Waals surface area contributed by atoms with E-state index in [0.717, 1.165) is 24.0 Å². The number of nitrogens with zero attached hydrogens (tertiary/aromatic N) is 2. The molecule has 1 N–H and O–H groups in total. The zero-order valence-corrected chi connectivity index (χ0v) is 16.3. The van der Waals surface area contributed by atoms with E-state index in [0.29, 0.717) is 13.1 Å². The molecular formula is C20H29N3O3. The monoisotopic (exact) mass is 359 g/mol. The molecule has 0 bridgehead atoms. The molecule has 1 aliphatic rings. The van der Waals surface area contributed by atoms with E-state index in [9.17, 15) is 9.59 Å². The summed E-state index contributed by atoms with van der Waals surface area (Å²) in [5.74, 6) is 0. The summed E-state index contributed by atoms with van der Waals surface area (Å²) in [4.78, 5) is 28.4. The molecule has 6 heteroatoms. The first-order valence-electron chi connectivity index (χ1n) is 8.94. The molecule has 1 heterocycles. The molecule has 6 nitrogen and oxygen atoms in total. The van der Waals surface area contributed by atoms with Gasteiger partial charge in [0.05, 0.1) is 6.54 Å². The Kier molecular flexibility index (Phi) is 6.21. The Morgan fingerprint density at radius 1 is 1.27 bits per heavy atom. The highest BCUT2D eigenvalue weighted by molar-refractivity contribution is 5.67. The van der Waals surface area contributed by atoms with Crippen molar-refractivity contribution in [3.05, 3.63) is 35.4 Å². The second-order valence-corrected chi connectivity index (χ2v) is 8.20. The molecule has 2 rings (SSSR count). The molecule has 0 aliphatic carbocycles. The van der Waals surface area contributed by atoms with Gasteiger partial charge in [0.1, 0.15) is 6.10 Å². The van der Waals surface area contributed by atoms with E-state index in [1.807, 2.05) is 24.3 Å². The summed E-state index contributed by atoms with van der Waals surface area (Å²) in [7, 11) is 2.12. The number of hydrogen-bond acceptors (Lipinski definition) is 5. The number of alkyl carbamates (subject to hydrolysis) is 1. The average Bonchev–Trinajstić information content (AvgIpc) is 2.56. The van der Waals surface area contributed by atoms with Crippen LogP contribution in [0.2, 0.25) is 0 Å². The number of nitrogens with one attached hydrogen (secondary N) is 1. The molecule has 0 radical (unpaired) electrons. The number of carbonyl (C=O) groups excluding carboxylic acids is 2. The smallest absolute Gasteiger partial charge is 0.407 e. The van der Waals surface area contributed by atoms with Crippen LogP contribution in [0.25, 0.3) is 0 Å². The number of hydrogen-bond donors (Lipinski definition) is 1. The minimum absolute atomic E-state index is 0.0277. The van der Waals surface area contributed by atoms with Crippen LogP contribution in [0.1, 0.15) is 51.7 Å². The Bertz CT molecular complexity index is 675. The van der Waals surface area contributed by atoms with Crippen molar-refractivity contribution in [3.8, 4) is 0 Å². The van der Waals surface area contributed by atoms with Crippen LogP contribution < -0.4 is 5.32 Å². The van der Waals surface area contributed by atoms with Gasteiger partial charge in [-0.15, -0.1) is 0 Å². The third-order valence-corrected chi connectivity index (χ3v) is 5.30. The summed E-state index contributed by atoms with van der Waals surface area (Å²) < 4.78 is 5.68. The molecule has 0 spiro atoms. The normalized spacial score (nSPS) is 19.4. The van der Waals surface area contributed by atoms with Crippen LogP contribution in [0.15, 0.2) is 29.3 Å². The van der Waals surface area contributed by atoms with Crippen LogP contribution >= 0.6 is 0 Å². The van der Waals surface area contributed by atoms with Crippen molar-refractivity contribution in [2.45, 2.75) is 70.8 Å². The lowest BCUT2D eigenvalue weighted by atomic mass is 9.79. The van der Waals surface area contributed by atoms with Gasteiger partial charge < -0.3 is 10.1 Å². The molecule has 0 unspecified atom stereocenters. The molecule has 1 saturated heterocycles. The molecule has 1 aliphatic heterocycles. The zero-order chi connectivity index (χ0) is 19.4. The Hall–Kier alpha value is -2.17. The van der Waals surface area contributed by atoms with Crippen LogP contribution in [-0.2, 0) is 22.6 Å². The first-order chi connectivity index (χ1) is 12.1. The molecule has 142 valence electrons. The summed E-state index contributed by atoms with van der Waals surface area (Å²) in [5, 5.41) is 2.81. The van der Waals surface area contributed by atoms with Crippen LogP contribution in [0.3, 0.4) is 0 Å². The second-order valence-electron chi connectivity index (χ2n) is 8.20. The molecule has 26 heavy (non-hydrogen) atoms. The molecule has 0 saturated carbocycles. The molecule has 1 amide bonds. The average molecular weight is 359 g/mol. The highest BCUT2D eigenvalue weighted by atomic mass is 16.6. The van der Waals surface area contributed by atoms with E-state index in [-0.39, 0.29) is 17.2 Å². The summed E-state index contributed by atoms with van der Waals surface area (Å²) in [5.41, 5.74) is 1.78. The maximum atomic E-state index is 12.2. The van der Waals surface area contributed by atoms with Gasteiger partial charge in [-0.2, -0.15) is 0 Å². The lowest BCUT2D eigenvalue weighted by Gasteiger charge is -2.53. The van der Waals surface area contributed by atoms with Crippen LogP contribution in [0.5, 0.6) is 0 Å². The number of benzene rings is 1.